The van der Waals surface area contributed by atoms with E-state index in [1.54, 1.807) is 14.2 Å². The van der Waals surface area contributed by atoms with Gasteiger partial charge in [-0.2, -0.15) is 0 Å². The first-order valence-electron chi connectivity index (χ1n) is 10.2. The van der Waals surface area contributed by atoms with Gasteiger partial charge in [0.15, 0.2) is 5.75 Å². The lowest BCUT2D eigenvalue weighted by molar-refractivity contribution is 0.313. The number of alkyl halides is 1. The summed E-state index contributed by atoms with van der Waals surface area (Å²) in [4.78, 5) is 20.8. The zero-order valence-electron chi connectivity index (χ0n) is 17.8. The molecule has 1 saturated heterocycles. The Kier molecular flexibility index (Phi) is 5.11. The molecule has 0 bridgehead atoms. The molecule has 5 rings (SSSR count). The minimum Gasteiger partial charge on any atom is -0.494 e. The number of likely N-dealkylation sites (N-methyl/N-ethyl adjacent to an activating group) is 1. The van der Waals surface area contributed by atoms with Gasteiger partial charge in [-0.3, -0.25) is 0 Å². The summed E-state index contributed by atoms with van der Waals surface area (Å²) in [5.41, 5.74) is 5.32. The van der Waals surface area contributed by atoms with E-state index >= 15 is 0 Å². The van der Waals surface area contributed by atoms with E-state index in [0.717, 1.165) is 48.3 Å². The molecule has 2 aromatic heterocycles. The van der Waals surface area contributed by atoms with Crippen LogP contribution in [0.25, 0.3) is 33.5 Å². The molecular weight excluding hydrogens is 416 g/mol. The minimum absolute atomic E-state index is 0.274. The van der Waals surface area contributed by atoms with Crippen LogP contribution in [-0.4, -0.2) is 72.3 Å². The molecule has 31 heavy (non-hydrogen) atoms. The maximum absolute atomic E-state index is 5.99. The van der Waals surface area contributed by atoms with Gasteiger partial charge in [0.25, 0.3) is 0 Å². The van der Waals surface area contributed by atoms with Gasteiger partial charge in [0, 0.05) is 31.9 Å². The molecule has 1 aliphatic heterocycles. The Hall–Kier alpha value is -2.97. The second kappa shape index (κ2) is 7.94. The van der Waals surface area contributed by atoms with Crippen molar-refractivity contribution < 1.29 is 9.47 Å². The first-order chi connectivity index (χ1) is 15.1. The number of imidazole rings is 2. The molecule has 3 heterocycles. The number of rotatable bonds is 5. The van der Waals surface area contributed by atoms with Crippen LogP contribution in [0.5, 0.6) is 11.5 Å². The van der Waals surface area contributed by atoms with Crippen molar-refractivity contribution in [1.82, 2.24) is 24.8 Å². The average molecular weight is 441 g/mol. The van der Waals surface area contributed by atoms with E-state index in [9.17, 15) is 0 Å². The van der Waals surface area contributed by atoms with Gasteiger partial charge in [0.2, 0.25) is 0 Å². The van der Waals surface area contributed by atoms with Crippen LogP contribution in [0.2, 0.25) is 0 Å². The molecule has 9 heteroatoms. The van der Waals surface area contributed by atoms with Crippen LogP contribution in [0, 0.1) is 0 Å². The number of H-pyrrole nitrogens is 2. The van der Waals surface area contributed by atoms with Crippen LogP contribution in [-0.2, 0) is 5.88 Å². The summed E-state index contributed by atoms with van der Waals surface area (Å²) in [5, 5.41) is 0. The Bertz CT molecular complexity index is 1240. The molecule has 0 atom stereocenters. The van der Waals surface area contributed by atoms with E-state index in [1.165, 1.54) is 5.69 Å². The van der Waals surface area contributed by atoms with Crippen molar-refractivity contribution in [2.45, 2.75) is 5.88 Å². The van der Waals surface area contributed by atoms with Gasteiger partial charge in [-0.05, 0) is 31.3 Å². The summed E-state index contributed by atoms with van der Waals surface area (Å²) in [6.07, 6.45) is 0. The number of methoxy groups -OCH3 is 2. The summed E-state index contributed by atoms with van der Waals surface area (Å²) in [6.45, 7) is 4.18. The highest BCUT2D eigenvalue weighted by atomic mass is 35.5. The molecule has 2 N–H and O–H groups in total. The number of fused-ring (bicyclic) bond motifs is 2. The van der Waals surface area contributed by atoms with Gasteiger partial charge in [-0.25, -0.2) is 9.97 Å². The highest BCUT2D eigenvalue weighted by Gasteiger charge is 2.21. The number of halogens is 1. The topological polar surface area (TPSA) is 82.3 Å². The quantitative estimate of drug-likeness (QED) is 0.461. The normalized spacial score (nSPS) is 15.2. The molecule has 0 aliphatic carbocycles. The van der Waals surface area contributed by atoms with Crippen molar-refractivity contribution in [3.8, 4) is 22.9 Å². The van der Waals surface area contributed by atoms with Gasteiger partial charge < -0.3 is 29.2 Å². The minimum atomic E-state index is 0.274. The van der Waals surface area contributed by atoms with Crippen LogP contribution >= 0.6 is 11.6 Å². The number of piperazine rings is 1. The van der Waals surface area contributed by atoms with E-state index in [-0.39, 0.29) is 5.88 Å². The number of anilines is 1. The van der Waals surface area contributed by atoms with Crippen LogP contribution in [0.3, 0.4) is 0 Å². The van der Waals surface area contributed by atoms with Gasteiger partial charge >= 0.3 is 0 Å². The summed E-state index contributed by atoms with van der Waals surface area (Å²) < 4.78 is 11.3. The molecular formula is C22H25ClN6O2. The molecule has 8 nitrogen and oxygen atoms in total. The van der Waals surface area contributed by atoms with Crippen LogP contribution in [0.1, 0.15) is 5.82 Å². The Morgan fingerprint density at radius 1 is 1.03 bits per heavy atom. The Morgan fingerprint density at radius 3 is 2.55 bits per heavy atom. The lowest BCUT2D eigenvalue weighted by Crippen LogP contribution is -2.44. The zero-order chi connectivity index (χ0) is 21.5. The third kappa shape index (κ3) is 3.45. The van der Waals surface area contributed by atoms with Crippen molar-refractivity contribution in [2.75, 3.05) is 52.3 Å². The van der Waals surface area contributed by atoms with Crippen molar-refractivity contribution in [1.29, 1.82) is 0 Å². The lowest BCUT2D eigenvalue weighted by atomic mass is 10.1. The predicted molar refractivity (Wildman–Crippen MR) is 124 cm³/mol. The number of nitrogens with zero attached hydrogens (tertiary/aromatic N) is 4. The Labute approximate surface area is 185 Å². The van der Waals surface area contributed by atoms with E-state index < -0.39 is 0 Å². The Morgan fingerprint density at radius 2 is 1.84 bits per heavy atom. The van der Waals surface area contributed by atoms with Crippen molar-refractivity contribution in [3.05, 3.63) is 30.1 Å². The summed E-state index contributed by atoms with van der Waals surface area (Å²) >= 11 is 5.99. The standard InChI is InChI=1S/C22H25ClN6O2/c1-28-6-8-29(9-7-28)13-4-5-15-16(10-13)25-22(24-15)14-11-17(30-2)19-20(21(14)31-3)27-18(12-23)26-19/h4-5,10-11H,6-9,12H2,1-3H3,(H,24,25)(H,26,27). The van der Waals surface area contributed by atoms with Crippen molar-refractivity contribution in [2.24, 2.45) is 0 Å². The maximum atomic E-state index is 5.99. The summed E-state index contributed by atoms with van der Waals surface area (Å²) in [6, 6.07) is 8.27. The largest absolute Gasteiger partial charge is 0.494 e. The van der Waals surface area contributed by atoms with Crippen LogP contribution in [0.4, 0.5) is 5.69 Å². The third-order valence-corrected chi connectivity index (χ3v) is 6.13. The number of benzene rings is 2. The SMILES string of the molecule is COc1cc(-c2nc3ccc(N4CCN(C)CC4)cc3[nH]2)c(OC)c2[nH]c(CCl)nc12. The maximum Gasteiger partial charge on any atom is 0.155 e. The molecule has 2 aromatic carbocycles. The second-order valence-electron chi connectivity index (χ2n) is 7.78. The highest BCUT2D eigenvalue weighted by Crippen LogP contribution is 2.40. The highest BCUT2D eigenvalue weighted by molar-refractivity contribution is 6.17. The molecule has 0 radical (unpaired) electrons. The zero-order valence-corrected chi connectivity index (χ0v) is 18.6. The molecule has 0 unspecified atom stereocenters. The smallest absolute Gasteiger partial charge is 0.155 e. The average Bonchev–Trinajstić information content (AvgIpc) is 3.42. The second-order valence-corrected chi connectivity index (χ2v) is 8.04. The van der Waals surface area contributed by atoms with Gasteiger partial charge in [0.1, 0.15) is 28.4 Å². The fraction of sp³-hybridized carbons (Fsp3) is 0.364. The third-order valence-electron chi connectivity index (χ3n) is 5.87. The number of aromatic nitrogens is 4. The van der Waals surface area contributed by atoms with Gasteiger partial charge in [-0.1, -0.05) is 0 Å². The summed E-state index contributed by atoms with van der Waals surface area (Å²) in [7, 11) is 5.43. The lowest BCUT2D eigenvalue weighted by Gasteiger charge is -2.34. The fourth-order valence-electron chi connectivity index (χ4n) is 4.16. The van der Waals surface area contributed by atoms with Crippen LogP contribution < -0.4 is 14.4 Å². The van der Waals surface area contributed by atoms with Gasteiger partial charge in [-0.15, -0.1) is 11.6 Å². The van der Waals surface area contributed by atoms with Crippen molar-refractivity contribution >= 4 is 39.4 Å². The molecule has 0 saturated carbocycles. The number of ether oxygens (including phenoxy) is 2. The van der Waals surface area contributed by atoms with Gasteiger partial charge in [0.05, 0.1) is 36.7 Å². The molecule has 1 aliphatic rings. The first-order valence-corrected chi connectivity index (χ1v) is 10.8. The van der Waals surface area contributed by atoms with E-state index in [2.05, 4.69) is 50.0 Å². The monoisotopic (exact) mass is 440 g/mol. The van der Waals surface area contributed by atoms with E-state index in [0.29, 0.717) is 28.7 Å². The number of nitrogens with one attached hydrogen (secondary N) is 2. The molecule has 1 fully saturated rings. The fourth-order valence-corrected chi connectivity index (χ4v) is 4.28. The molecule has 162 valence electrons. The number of hydrogen-bond acceptors (Lipinski definition) is 6. The number of hydrogen-bond donors (Lipinski definition) is 2. The first kappa shape index (κ1) is 20.0. The Balaban J connectivity index is 1.60. The van der Waals surface area contributed by atoms with E-state index in [4.69, 9.17) is 26.1 Å². The van der Waals surface area contributed by atoms with Crippen LogP contribution in [0.15, 0.2) is 24.3 Å². The molecule has 0 amide bonds. The summed E-state index contributed by atoms with van der Waals surface area (Å²) in [5.74, 6) is 2.93. The number of aromatic amines is 2. The molecule has 4 aromatic rings. The van der Waals surface area contributed by atoms with Crippen molar-refractivity contribution in [3.63, 3.8) is 0 Å². The predicted octanol–water partition coefficient (Wildman–Crippen LogP) is 3.61. The van der Waals surface area contributed by atoms with E-state index in [1.807, 2.05) is 6.07 Å². The molecule has 0 spiro atoms.